The third-order valence-electron chi connectivity index (χ3n) is 2.88. The van der Waals surface area contributed by atoms with Gasteiger partial charge in [0.05, 0.1) is 5.52 Å². The van der Waals surface area contributed by atoms with Gasteiger partial charge in [-0.15, -0.1) is 0 Å². The van der Waals surface area contributed by atoms with Crippen LogP contribution in [0.2, 0.25) is 0 Å². The molecule has 0 saturated heterocycles. The summed E-state index contributed by atoms with van der Waals surface area (Å²) in [6, 6.07) is 4.21. The molecule has 0 aliphatic rings. The van der Waals surface area contributed by atoms with Crippen molar-refractivity contribution in [2.24, 2.45) is 0 Å². The SMILES string of the molecule is CC(C)c1cc(C(C)C)c2cnccc2n1. The molecule has 0 N–H and O–H groups in total. The highest BCUT2D eigenvalue weighted by atomic mass is 14.7. The first-order chi connectivity index (χ1) is 7.59. The van der Waals surface area contributed by atoms with Gasteiger partial charge in [0.25, 0.3) is 0 Å². The summed E-state index contributed by atoms with van der Waals surface area (Å²) in [5.74, 6) is 0.974. The van der Waals surface area contributed by atoms with E-state index in [1.54, 1.807) is 0 Å². The van der Waals surface area contributed by atoms with Crippen LogP contribution in [0.5, 0.6) is 0 Å². The largest absolute Gasteiger partial charge is 0.264 e. The Morgan fingerprint density at radius 3 is 2.44 bits per heavy atom. The van der Waals surface area contributed by atoms with Crippen LogP contribution in [0.3, 0.4) is 0 Å². The maximum atomic E-state index is 4.68. The van der Waals surface area contributed by atoms with E-state index in [1.165, 1.54) is 16.6 Å². The van der Waals surface area contributed by atoms with Crippen molar-refractivity contribution in [2.75, 3.05) is 0 Å². The topological polar surface area (TPSA) is 25.8 Å². The second-order valence-corrected chi connectivity index (χ2v) is 4.84. The molecule has 2 nitrogen and oxygen atoms in total. The van der Waals surface area contributed by atoms with Gasteiger partial charge in [0.15, 0.2) is 0 Å². The molecule has 2 aromatic rings. The standard InChI is InChI=1S/C14H18N2/c1-9(2)11-7-14(10(3)4)16-13-5-6-15-8-12(11)13/h5-10H,1-4H3. The first-order valence-electron chi connectivity index (χ1n) is 5.84. The monoisotopic (exact) mass is 214 g/mol. The first kappa shape index (κ1) is 11.1. The van der Waals surface area contributed by atoms with Gasteiger partial charge in [0.2, 0.25) is 0 Å². The quantitative estimate of drug-likeness (QED) is 0.758. The summed E-state index contributed by atoms with van der Waals surface area (Å²) in [6.45, 7) is 8.79. The summed E-state index contributed by atoms with van der Waals surface area (Å²) in [7, 11) is 0. The van der Waals surface area contributed by atoms with Crippen molar-refractivity contribution in [1.29, 1.82) is 0 Å². The van der Waals surface area contributed by atoms with E-state index >= 15 is 0 Å². The number of fused-ring (bicyclic) bond motifs is 1. The first-order valence-corrected chi connectivity index (χ1v) is 5.84. The third-order valence-corrected chi connectivity index (χ3v) is 2.88. The van der Waals surface area contributed by atoms with Crippen LogP contribution in [0.25, 0.3) is 10.9 Å². The second kappa shape index (κ2) is 4.20. The van der Waals surface area contributed by atoms with E-state index in [1.807, 2.05) is 18.5 Å². The van der Waals surface area contributed by atoms with Crippen molar-refractivity contribution in [3.05, 3.63) is 35.8 Å². The number of hydrogen-bond donors (Lipinski definition) is 0. The molecule has 0 amide bonds. The summed E-state index contributed by atoms with van der Waals surface area (Å²) in [5.41, 5.74) is 3.58. The van der Waals surface area contributed by atoms with Gasteiger partial charge in [-0.25, -0.2) is 0 Å². The molecule has 0 unspecified atom stereocenters. The maximum absolute atomic E-state index is 4.68. The minimum absolute atomic E-state index is 0.468. The Kier molecular flexibility index (Phi) is 2.90. The molecule has 0 radical (unpaired) electrons. The van der Waals surface area contributed by atoms with Crippen LogP contribution in [-0.4, -0.2) is 9.97 Å². The van der Waals surface area contributed by atoms with Crippen LogP contribution >= 0.6 is 0 Å². The maximum Gasteiger partial charge on any atom is 0.0739 e. The highest BCUT2D eigenvalue weighted by Crippen LogP contribution is 2.26. The molecule has 2 rings (SSSR count). The number of nitrogens with zero attached hydrogens (tertiary/aromatic N) is 2. The molecular weight excluding hydrogens is 196 g/mol. The molecule has 2 heteroatoms. The highest BCUT2D eigenvalue weighted by Gasteiger charge is 2.10. The van der Waals surface area contributed by atoms with E-state index in [0.717, 1.165) is 5.52 Å². The zero-order valence-corrected chi connectivity index (χ0v) is 10.4. The van der Waals surface area contributed by atoms with Crippen LogP contribution in [-0.2, 0) is 0 Å². The normalized spacial score (nSPS) is 11.6. The third kappa shape index (κ3) is 1.92. The molecule has 0 spiro atoms. The Morgan fingerprint density at radius 2 is 1.81 bits per heavy atom. The lowest BCUT2D eigenvalue weighted by molar-refractivity contribution is 0.811. The van der Waals surface area contributed by atoms with E-state index in [4.69, 9.17) is 0 Å². The molecule has 0 atom stereocenters. The van der Waals surface area contributed by atoms with Crippen molar-refractivity contribution in [2.45, 2.75) is 39.5 Å². The van der Waals surface area contributed by atoms with Crippen LogP contribution in [0.4, 0.5) is 0 Å². The van der Waals surface area contributed by atoms with E-state index in [0.29, 0.717) is 11.8 Å². The molecule has 0 aliphatic heterocycles. The summed E-state index contributed by atoms with van der Waals surface area (Å²) < 4.78 is 0. The minimum Gasteiger partial charge on any atom is -0.264 e. The lowest BCUT2D eigenvalue weighted by Crippen LogP contribution is -1.99. The Morgan fingerprint density at radius 1 is 1.06 bits per heavy atom. The van der Waals surface area contributed by atoms with Gasteiger partial charge in [0.1, 0.15) is 0 Å². The molecular formula is C14H18N2. The minimum atomic E-state index is 0.468. The van der Waals surface area contributed by atoms with E-state index < -0.39 is 0 Å². The van der Waals surface area contributed by atoms with Crippen LogP contribution in [0.1, 0.15) is 50.8 Å². The Bertz CT molecular complexity index is 501. The van der Waals surface area contributed by atoms with Gasteiger partial charge >= 0.3 is 0 Å². The summed E-state index contributed by atoms with van der Waals surface area (Å²) >= 11 is 0. The second-order valence-electron chi connectivity index (χ2n) is 4.84. The van der Waals surface area contributed by atoms with Gasteiger partial charge in [0, 0.05) is 23.5 Å². The molecule has 0 fully saturated rings. The van der Waals surface area contributed by atoms with E-state index in [9.17, 15) is 0 Å². The summed E-state index contributed by atoms with van der Waals surface area (Å²) in [4.78, 5) is 8.87. The lowest BCUT2D eigenvalue weighted by Gasteiger charge is -2.13. The highest BCUT2D eigenvalue weighted by molar-refractivity contribution is 5.81. The van der Waals surface area contributed by atoms with Crippen LogP contribution < -0.4 is 0 Å². The predicted molar refractivity (Wildman–Crippen MR) is 67.7 cm³/mol. The van der Waals surface area contributed by atoms with Gasteiger partial charge in [-0.1, -0.05) is 27.7 Å². The summed E-state index contributed by atoms with van der Waals surface area (Å²) in [6.07, 6.45) is 3.73. The number of hydrogen-bond acceptors (Lipinski definition) is 2. The molecule has 2 aromatic heterocycles. The molecule has 0 aromatic carbocycles. The smallest absolute Gasteiger partial charge is 0.0739 e. The van der Waals surface area contributed by atoms with E-state index in [-0.39, 0.29) is 0 Å². The molecule has 2 heterocycles. The molecule has 16 heavy (non-hydrogen) atoms. The fourth-order valence-electron chi connectivity index (χ4n) is 1.89. The van der Waals surface area contributed by atoms with Crippen LogP contribution in [0, 0.1) is 0 Å². The van der Waals surface area contributed by atoms with E-state index in [2.05, 4.69) is 43.7 Å². The Hall–Kier alpha value is -1.44. The predicted octanol–water partition coefficient (Wildman–Crippen LogP) is 3.88. The molecule has 0 aliphatic carbocycles. The number of aromatic nitrogens is 2. The summed E-state index contributed by atoms with van der Waals surface area (Å²) in [5, 5.41) is 1.18. The molecule has 84 valence electrons. The van der Waals surface area contributed by atoms with Crippen molar-refractivity contribution in [3.63, 3.8) is 0 Å². The number of pyridine rings is 2. The molecule has 0 saturated carbocycles. The zero-order valence-electron chi connectivity index (χ0n) is 10.4. The average molecular weight is 214 g/mol. The fourth-order valence-corrected chi connectivity index (χ4v) is 1.89. The number of rotatable bonds is 2. The van der Waals surface area contributed by atoms with Crippen molar-refractivity contribution in [3.8, 4) is 0 Å². The lowest BCUT2D eigenvalue weighted by atomic mass is 9.96. The van der Waals surface area contributed by atoms with Gasteiger partial charge in [-0.3, -0.25) is 9.97 Å². The Balaban J connectivity index is 2.74. The zero-order chi connectivity index (χ0) is 11.7. The Labute approximate surface area is 96.7 Å². The fraction of sp³-hybridized carbons (Fsp3) is 0.429. The van der Waals surface area contributed by atoms with Gasteiger partial charge in [-0.2, -0.15) is 0 Å². The average Bonchev–Trinajstić information content (AvgIpc) is 2.27. The van der Waals surface area contributed by atoms with Crippen LogP contribution in [0.15, 0.2) is 24.5 Å². The van der Waals surface area contributed by atoms with Gasteiger partial charge < -0.3 is 0 Å². The van der Waals surface area contributed by atoms with Crippen molar-refractivity contribution < 1.29 is 0 Å². The van der Waals surface area contributed by atoms with Gasteiger partial charge in [-0.05, 0) is 29.5 Å². The van der Waals surface area contributed by atoms with Crippen molar-refractivity contribution in [1.82, 2.24) is 9.97 Å². The molecule has 0 bridgehead atoms. The van der Waals surface area contributed by atoms with Crippen molar-refractivity contribution >= 4 is 10.9 Å².